The molecule has 0 saturated carbocycles. The van der Waals surface area contributed by atoms with E-state index in [1.807, 2.05) is 0 Å². The molecule has 2 N–H and O–H groups in total. The van der Waals surface area contributed by atoms with E-state index in [1.165, 1.54) is 24.3 Å². The molecular weight excluding hydrogens is 474 g/mol. The van der Waals surface area contributed by atoms with Crippen molar-refractivity contribution < 1.29 is 27.2 Å². The zero-order valence-corrected chi connectivity index (χ0v) is 17.8. The lowest BCUT2D eigenvalue weighted by Crippen LogP contribution is -2.19. The van der Waals surface area contributed by atoms with Crippen molar-refractivity contribution in [2.24, 2.45) is 0 Å². The van der Waals surface area contributed by atoms with Gasteiger partial charge in [0.25, 0.3) is 11.8 Å². The quantitative estimate of drug-likeness (QED) is 0.253. The Morgan fingerprint density at radius 2 is 1.56 bits per heavy atom. The van der Waals surface area contributed by atoms with Crippen molar-refractivity contribution in [3.8, 4) is 0 Å². The summed E-state index contributed by atoms with van der Waals surface area (Å²) < 4.78 is 55.0. The molecule has 172 valence electrons. The molecule has 10 heteroatoms. The van der Waals surface area contributed by atoms with Gasteiger partial charge in [-0.05, 0) is 41.8 Å². The van der Waals surface area contributed by atoms with E-state index in [0.717, 1.165) is 18.2 Å². The first-order valence-corrected chi connectivity index (χ1v) is 10.1. The molecule has 1 heterocycles. The number of halogens is 5. The van der Waals surface area contributed by atoms with Gasteiger partial charge in [-0.25, -0.2) is 9.37 Å². The molecule has 4 aromatic rings. The maximum atomic E-state index is 13.8. The number of anilines is 2. The highest BCUT2D eigenvalue weighted by Crippen LogP contribution is 2.37. The summed E-state index contributed by atoms with van der Waals surface area (Å²) in [6, 6.07) is 16.1. The van der Waals surface area contributed by atoms with E-state index in [-0.39, 0.29) is 22.1 Å². The van der Waals surface area contributed by atoms with Gasteiger partial charge < -0.3 is 10.6 Å². The van der Waals surface area contributed by atoms with Crippen LogP contribution in [-0.2, 0) is 6.18 Å². The Labute approximate surface area is 195 Å². The fourth-order valence-corrected chi connectivity index (χ4v) is 3.53. The molecule has 1 aromatic heterocycles. The molecule has 0 atom stereocenters. The van der Waals surface area contributed by atoms with E-state index in [1.54, 1.807) is 24.3 Å². The average molecular weight is 488 g/mol. The number of amides is 2. The largest absolute Gasteiger partial charge is 0.418 e. The van der Waals surface area contributed by atoms with E-state index in [0.29, 0.717) is 16.8 Å². The monoisotopic (exact) mass is 487 g/mol. The summed E-state index contributed by atoms with van der Waals surface area (Å²) in [4.78, 5) is 28.9. The van der Waals surface area contributed by atoms with E-state index in [4.69, 9.17) is 11.6 Å². The summed E-state index contributed by atoms with van der Waals surface area (Å²) >= 11 is 6.11. The topological polar surface area (TPSA) is 71.1 Å². The van der Waals surface area contributed by atoms with Crippen molar-refractivity contribution in [1.82, 2.24) is 4.98 Å². The maximum Gasteiger partial charge on any atom is 0.418 e. The van der Waals surface area contributed by atoms with Crippen LogP contribution in [0.5, 0.6) is 0 Å². The summed E-state index contributed by atoms with van der Waals surface area (Å²) in [6.07, 6.45) is -4.87. The van der Waals surface area contributed by atoms with Crippen LogP contribution in [0.4, 0.5) is 28.9 Å². The summed E-state index contributed by atoms with van der Waals surface area (Å²) in [5, 5.41) is 5.64. The van der Waals surface area contributed by atoms with Crippen LogP contribution in [0.15, 0.2) is 72.8 Å². The number of aromatic nitrogens is 1. The Morgan fingerprint density at radius 3 is 2.29 bits per heavy atom. The SMILES string of the molecule is O=C(Nc1ccc(NC(=O)c2ccccc2F)cc1C(F)(F)F)c1cc2ccccc2c(Cl)n1. The first-order chi connectivity index (χ1) is 16.1. The highest BCUT2D eigenvalue weighted by atomic mass is 35.5. The zero-order valence-electron chi connectivity index (χ0n) is 17.1. The number of pyridine rings is 1. The van der Waals surface area contributed by atoms with Gasteiger partial charge in [-0.2, -0.15) is 13.2 Å². The number of hydrogen-bond donors (Lipinski definition) is 2. The molecule has 0 radical (unpaired) electrons. The maximum absolute atomic E-state index is 13.8. The normalized spacial score (nSPS) is 11.3. The molecule has 5 nitrogen and oxygen atoms in total. The minimum Gasteiger partial charge on any atom is -0.322 e. The van der Waals surface area contributed by atoms with E-state index in [2.05, 4.69) is 15.6 Å². The molecule has 3 aromatic carbocycles. The van der Waals surface area contributed by atoms with Gasteiger partial charge in [0.1, 0.15) is 16.7 Å². The molecule has 2 amide bonds. The lowest BCUT2D eigenvalue weighted by atomic mass is 10.1. The van der Waals surface area contributed by atoms with E-state index >= 15 is 0 Å². The van der Waals surface area contributed by atoms with Gasteiger partial charge in [0.15, 0.2) is 0 Å². The van der Waals surface area contributed by atoms with Crippen LogP contribution >= 0.6 is 11.6 Å². The molecule has 0 fully saturated rings. The predicted molar refractivity (Wildman–Crippen MR) is 121 cm³/mol. The molecule has 4 rings (SSSR count). The van der Waals surface area contributed by atoms with Crippen molar-refractivity contribution in [2.75, 3.05) is 10.6 Å². The van der Waals surface area contributed by atoms with E-state index in [9.17, 15) is 27.2 Å². The van der Waals surface area contributed by atoms with Gasteiger partial charge in [-0.15, -0.1) is 0 Å². The number of alkyl halides is 3. The first kappa shape index (κ1) is 23.2. The van der Waals surface area contributed by atoms with Gasteiger partial charge in [-0.3, -0.25) is 9.59 Å². The minimum atomic E-state index is -4.87. The Morgan fingerprint density at radius 1 is 0.853 bits per heavy atom. The Bertz CT molecular complexity index is 1420. The van der Waals surface area contributed by atoms with Gasteiger partial charge in [0, 0.05) is 11.1 Å². The minimum absolute atomic E-state index is 0.0329. The van der Waals surface area contributed by atoms with Crippen molar-refractivity contribution in [2.45, 2.75) is 6.18 Å². The molecule has 0 unspecified atom stereocenters. The Hall–Kier alpha value is -3.98. The number of rotatable bonds is 4. The lowest BCUT2D eigenvalue weighted by Gasteiger charge is -2.16. The highest BCUT2D eigenvalue weighted by Gasteiger charge is 2.34. The predicted octanol–water partition coefficient (Wildman–Crippen LogP) is 6.55. The number of hydrogen-bond acceptors (Lipinski definition) is 3. The lowest BCUT2D eigenvalue weighted by molar-refractivity contribution is -0.136. The third-order valence-electron chi connectivity index (χ3n) is 4.88. The number of benzene rings is 3. The van der Waals surface area contributed by atoms with Crippen LogP contribution in [-0.4, -0.2) is 16.8 Å². The Balaban J connectivity index is 1.63. The number of fused-ring (bicyclic) bond motifs is 1. The molecule has 0 aliphatic carbocycles. The van der Waals surface area contributed by atoms with Crippen LogP contribution < -0.4 is 10.6 Å². The fourth-order valence-electron chi connectivity index (χ4n) is 3.27. The fraction of sp³-hybridized carbons (Fsp3) is 0.0417. The van der Waals surface area contributed by atoms with Crippen molar-refractivity contribution in [3.63, 3.8) is 0 Å². The standard InChI is InChI=1S/C24H14ClF4N3O2/c25-21-15-6-2-1-5-13(15)11-20(31-21)23(34)32-19-10-9-14(12-17(19)24(27,28)29)30-22(33)16-7-3-4-8-18(16)26/h1-12H,(H,30,33)(H,32,34). The van der Waals surface area contributed by atoms with Gasteiger partial charge >= 0.3 is 6.18 Å². The molecule has 0 saturated heterocycles. The molecule has 0 aliphatic heterocycles. The smallest absolute Gasteiger partial charge is 0.322 e. The molecule has 0 bridgehead atoms. The number of nitrogens with zero attached hydrogens (tertiary/aromatic N) is 1. The third-order valence-corrected chi connectivity index (χ3v) is 5.16. The average Bonchev–Trinajstić information content (AvgIpc) is 2.79. The van der Waals surface area contributed by atoms with Gasteiger partial charge in [-0.1, -0.05) is 48.0 Å². The van der Waals surface area contributed by atoms with Crippen LogP contribution in [0.25, 0.3) is 10.8 Å². The van der Waals surface area contributed by atoms with Crippen molar-refractivity contribution >= 4 is 45.6 Å². The van der Waals surface area contributed by atoms with Crippen LogP contribution in [0, 0.1) is 5.82 Å². The van der Waals surface area contributed by atoms with Gasteiger partial charge in [0.2, 0.25) is 0 Å². The number of carbonyl (C=O) groups is 2. The van der Waals surface area contributed by atoms with Crippen LogP contribution in [0.3, 0.4) is 0 Å². The van der Waals surface area contributed by atoms with Crippen LogP contribution in [0.1, 0.15) is 26.4 Å². The number of nitrogens with one attached hydrogen (secondary N) is 2. The second-order valence-corrected chi connectivity index (χ2v) is 7.52. The summed E-state index contributed by atoms with van der Waals surface area (Å²) in [5.41, 5.74) is -2.49. The zero-order chi connectivity index (χ0) is 24.5. The molecular formula is C24H14ClF4N3O2. The molecule has 34 heavy (non-hydrogen) atoms. The van der Waals surface area contributed by atoms with E-state index < -0.39 is 35.1 Å². The second-order valence-electron chi connectivity index (χ2n) is 7.17. The second kappa shape index (κ2) is 9.11. The van der Waals surface area contributed by atoms with Crippen molar-refractivity contribution in [1.29, 1.82) is 0 Å². The number of carbonyl (C=O) groups excluding carboxylic acids is 2. The van der Waals surface area contributed by atoms with Gasteiger partial charge in [0.05, 0.1) is 16.8 Å². The summed E-state index contributed by atoms with van der Waals surface area (Å²) in [6.45, 7) is 0. The molecule has 0 spiro atoms. The first-order valence-electron chi connectivity index (χ1n) is 9.77. The van der Waals surface area contributed by atoms with Crippen LogP contribution in [0.2, 0.25) is 5.15 Å². The Kier molecular flexibility index (Phi) is 6.21. The summed E-state index contributed by atoms with van der Waals surface area (Å²) in [5.74, 6) is -2.64. The third kappa shape index (κ3) is 4.84. The highest BCUT2D eigenvalue weighted by molar-refractivity contribution is 6.34. The summed E-state index contributed by atoms with van der Waals surface area (Å²) in [7, 11) is 0. The van der Waals surface area contributed by atoms with Crippen molar-refractivity contribution in [3.05, 3.63) is 101 Å². The molecule has 0 aliphatic rings.